The van der Waals surface area contributed by atoms with Crippen LogP contribution in [0.2, 0.25) is 0 Å². The maximum absolute atomic E-state index is 13.1. The standard InChI is InChI=1S/C20H21N3O3S/c1-20(2)8-12-15(13(24)9-20)14(10-4-6-11(26-3)7-5-10)16-17(21-12)22-19(27)23-18(16)25/h4-7,14H,8-9H2,1-3H3,(H3,21,22,23,25,27). The molecule has 1 aromatic heterocycles. The minimum atomic E-state index is -0.443. The van der Waals surface area contributed by atoms with Crippen LogP contribution >= 0.6 is 12.2 Å². The van der Waals surface area contributed by atoms with E-state index in [9.17, 15) is 9.59 Å². The van der Waals surface area contributed by atoms with Crippen LogP contribution in [-0.2, 0) is 4.79 Å². The van der Waals surface area contributed by atoms with Crippen LogP contribution in [0.25, 0.3) is 0 Å². The first kappa shape index (κ1) is 17.7. The molecule has 140 valence electrons. The third kappa shape index (κ3) is 3.02. The van der Waals surface area contributed by atoms with E-state index in [1.165, 1.54) is 0 Å². The molecule has 2 heterocycles. The van der Waals surface area contributed by atoms with Gasteiger partial charge in [0.05, 0.1) is 12.7 Å². The fourth-order valence-electron chi connectivity index (χ4n) is 4.08. The number of aromatic amines is 2. The zero-order chi connectivity index (χ0) is 19.3. The van der Waals surface area contributed by atoms with Crippen LogP contribution in [-0.4, -0.2) is 22.9 Å². The lowest BCUT2D eigenvalue weighted by molar-refractivity contribution is -0.118. The summed E-state index contributed by atoms with van der Waals surface area (Å²) < 4.78 is 5.50. The molecule has 1 aliphatic carbocycles. The van der Waals surface area contributed by atoms with Gasteiger partial charge >= 0.3 is 0 Å². The smallest absolute Gasteiger partial charge is 0.257 e. The Kier molecular flexibility index (Phi) is 4.07. The van der Waals surface area contributed by atoms with Crippen molar-refractivity contribution in [3.8, 4) is 5.75 Å². The molecule has 1 aromatic carbocycles. The second-order valence-corrected chi connectivity index (χ2v) is 8.27. The second-order valence-electron chi connectivity index (χ2n) is 7.86. The summed E-state index contributed by atoms with van der Waals surface area (Å²) in [5, 5.41) is 3.28. The Hall–Kier alpha value is -2.67. The van der Waals surface area contributed by atoms with Gasteiger partial charge in [-0.15, -0.1) is 0 Å². The predicted molar refractivity (Wildman–Crippen MR) is 106 cm³/mol. The molecule has 0 radical (unpaired) electrons. The molecule has 1 aliphatic heterocycles. The van der Waals surface area contributed by atoms with Crippen LogP contribution in [0.4, 0.5) is 5.82 Å². The first-order valence-electron chi connectivity index (χ1n) is 8.83. The number of fused-ring (bicyclic) bond motifs is 1. The van der Waals surface area contributed by atoms with Crippen molar-refractivity contribution in [3.63, 3.8) is 0 Å². The molecule has 2 aromatic rings. The van der Waals surface area contributed by atoms with Crippen LogP contribution in [0.5, 0.6) is 5.75 Å². The molecule has 1 unspecified atom stereocenters. The minimum absolute atomic E-state index is 0.0714. The van der Waals surface area contributed by atoms with Crippen molar-refractivity contribution < 1.29 is 9.53 Å². The Balaban J connectivity index is 1.97. The van der Waals surface area contributed by atoms with Gasteiger partial charge in [0.15, 0.2) is 10.6 Å². The van der Waals surface area contributed by atoms with Gasteiger partial charge in [0, 0.05) is 23.6 Å². The average Bonchev–Trinajstić information content (AvgIpc) is 2.58. The Morgan fingerprint density at radius 3 is 2.48 bits per heavy atom. The number of benzene rings is 1. The zero-order valence-corrected chi connectivity index (χ0v) is 16.3. The molecule has 0 bridgehead atoms. The Morgan fingerprint density at radius 1 is 1.11 bits per heavy atom. The van der Waals surface area contributed by atoms with Gasteiger partial charge in [-0.05, 0) is 41.7 Å². The Bertz CT molecular complexity index is 1080. The van der Waals surface area contributed by atoms with Gasteiger partial charge in [-0.2, -0.15) is 0 Å². The number of Topliss-reactive ketones (excluding diaryl/α,β-unsaturated/α-hetero) is 1. The third-order valence-electron chi connectivity index (χ3n) is 5.20. The average molecular weight is 383 g/mol. The van der Waals surface area contributed by atoms with Crippen molar-refractivity contribution in [2.75, 3.05) is 12.4 Å². The summed E-state index contributed by atoms with van der Waals surface area (Å²) in [6.45, 7) is 4.16. The summed E-state index contributed by atoms with van der Waals surface area (Å²) in [7, 11) is 1.60. The van der Waals surface area contributed by atoms with Crippen molar-refractivity contribution in [2.24, 2.45) is 5.41 Å². The molecule has 0 amide bonds. The summed E-state index contributed by atoms with van der Waals surface area (Å²) in [4.78, 5) is 31.5. The van der Waals surface area contributed by atoms with E-state index >= 15 is 0 Å². The summed E-state index contributed by atoms with van der Waals surface area (Å²) in [5.41, 5.74) is 2.47. The van der Waals surface area contributed by atoms with Crippen molar-refractivity contribution >= 4 is 23.8 Å². The number of carbonyl (C=O) groups is 1. The van der Waals surface area contributed by atoms with E-state index in [1.54, 1.807) is 7.11 Å². The van der Waals surface area contributed by atoms with Gasteiger partial charge in [-0.25, -0.2) is 0 Å². The highest BCUT2D eigenvalue weighted by Gasteiger charge is 2.41. The zero-order valence-electron chi connectivity index (χ0n) is 15.4. The highest BCUT2D eigenvalue weighted by Crippen LogP contribution is 2.47. The maximum atomic E-state index is 13.1. The van der Waals surface area contributed by atoms with Gasteiger partial charge in [-0.1, -0.05) is 26.0 Å². The van der Waals surface area contributed by atoms with Gasteiger partial charge < -0.3 is 15.0 Å². The van der Waals surface area contributed by atoms with E-state index in [2.05, 4.69) is 29.1 Å². The number of aromatic nitrogens is 2. The number of ketones is 1. The number of anilines is 1. The molecule has 27 heavy (non-hydrogen) atoms. The molecule has 0 fully saturated rings. The maximum Gasteiger partial charge on any atom is 0.257 e. The lowest BCUT2D eigenvalue weighted by Gasteiger charge is -2.38. The number of H-pyrrole nitrogens is 2. The fraction of sp³-hybridized carbons (Fsp3) is 0.350. The summed E-state index contributed by atoms with van der Waals surface area (Å²) in [6.07, 6.45) is 1.18. The highest BCUT2D eigenvalue weighted by atomic mass is 32.1. The molecule has 7 heteroatoms. The lowest BCUT2D eigenvalue weighted by atomic mass is 9.69. The van der Waals surface area contributed by atoms with Gasteiger partial charge in [-0.3, -0.25) is 14.6 Å². The van der Waals surface area contributed by atoms with Gasteiger partial charge in [0.25, 0.3) is 5.56 Å². The predicted octanol–water partition coefficient (Wildman–Crippen LogP) is 3.64. The molecule has 6 nitrogen and oxygen atoms in total. The second kappa shape index (κ2) is 6.20. The number of rotatable bonds is 2. The summed E-state index contributed by atoms with van der Waals surface area (Å²) >= 11 is 5.14. The molecule has 0 saturated heterocycles. The monoisotopic (exact) mass is 383 g/mol. The minimum Gasteiger partial charge on any atom is -0.497 e. The molecular formula is C20H21N3O3S. The van der Waals surface area contributed by atoms with Crippen molar-refractivity contribution in [3.05, 3.63) is 61.8 Å². The molecule has 0 saturated carbocycles. The van der Waals surface area contributed by atoms with Crippen LogP contribution in [0.15, 0.2) is 40.3 Å². The number of methoxy groups -OCH3 is 1. The van der Waals surface area contributed by atoms with E-state index in [4.69, 9.17) is 17.0 Å². The van der Waals surface area contributed by atoms with Crippen LogP contribution in [0, 0.1) is 10.2 Å². The molecule has 4 rings (SSSR count). The normalized spacial score (nSPS) is 20.6. The van der Waals surface area contributed by atoms with E-state index in [-0.39, 0.29) is 21.5 Å². The van der Waals surface area contributed by atoms with Crippen LogP contribution in [0.3, 0.4) is 0 Å². The number of nitrogens with one attached hydrogen (secondary N) is 3. The number of ether oxygens (including phenoxy) is 1. The molecule has 2 aliphatic rings. The highest BCUT2D eigenvalue weighted by molar-refractivity contribution is 7.71. The molecule has 0 spiro atoms. The van der Waals surface area contributed by atoms with E-state index < -0.39 is 5.92 Å². The number of allylic oxidation sites excluding steroid dienone is 2. The summed E-state index contributed by atoms with van der Waals surface area (Å²) in [5.74, 6) is 0.914. The lowest BCUT2D eigenvalue weighted by Crippen LogP contribution is -2.36. The Morgan fingerprint density at radius 2 is 1.81 bits per heavy atom. The first-order chi connectivity index (χ1) is 12.8. The van der Waals surface area contributed by atoms with Crippen molar-refractivity contribution in [2.45, 2.75) is 32.6 Å². The Labute approximate surface area is 161 Å². The quantitative estimate of drug-likeness (QED) is 0.689. The SMILES string of the molecule is COc1ccc(C2C3=C(CC(C)(C)CC3=O)Nc3[nH]c(=S)[nH]c(=O)c32)cc1. The molecule has 3 N–H and O–H groups in total. The van der Waals surface area contributed by atoms with Crippen molar-refractivity contribution in [1.29, 1.82) is 0 Å². The first-order valence-corrected chi connectivity index (χ1v) is 9.23. The number of hydrogen-bond acceptors (Lipinski definition) is 5. The van der Waals surface area contributed by atoms with E-state index in [1.807, 2.05) is 24.3 Å². The largest absolute Gasteiger partial charge is 0.497 e. The number of carbonyl (C=O) groups excluding carboxylic acids is 1. The van der Waals surface area contributed by atoms with E-state index in [0.717, 1.165) is 23.4 Å². The third-order valence-corrected chi connectivity index (χ3v) is 5.41. The van der Waals surface area contributed by atoms with Crippen LogP contribution < -0.4 is 15.6 Å². The topological polar surface area (TPSA) is 87.0 Å². The fourth-order valence-corrected chi connectivity index (χ4v) is 4.27. The van der Waals surface area contributed by atoms with Gasteiger partial charge in [0.2, 0.25) is 0 Å². The number of hydrogen-bond donors (Lipinski definition) is 3. The van der Waals surface area contributed by atoms with Gasteiger partial charge in [0.1, 0.15) is 11.6 Å². The molecular weight excluding hydrogens is 362 g/mol. The van der Waals surface area contributed by atoms with E-state index in [0.29, 0.717) is 23.4 Å². The summed E-state index contributed by atoms with van der Waals surface area (Å²) in [6, 6.07) is 7.48. The van der Waals surface area contributed by atoms with Crippen LogP contribution in [0.1, 0.15) is 43.7 Å². The van der Waals surface area contributed by atoms with Crippen molar-refractivity contribution in [1.82, 2.24) is 9.97 Å². The molecule has 1 atom stereocenters.